The molecule has 1 N–H and O–H groups in total. The summed E-state index contributed by atoms with van der Waals surface area (Å²) in [6, 6.07) is 11.3. The number of hydrogen-bond acceptors (Lipinski definition) is 5. The molecule has 0 atom stereocenters. The fourth-order valence-electron chi connectivity index (χ4n) is 2.78. The van der Waals surface area contributed by atoms with E-state index < -0.39 is 10.0 Å². The van der Waals surface area contributed by atoms with Gasteiger partial charge in [-0.1, -0.05) is 11.6 Å². The zero-order chi connectivity index (χ0) is 21.2. The third kappa shape index (κ3) is 4.89. The highest BCUT2D eigenvalue weighted by Gasteiger charge is 2.20. The van der Waals surface area contributed by atoms with Gasteiger partial charge in [0.15, 0.2) is 5.82 Å². The van der Waals surface area contributed by atoms with Crippen molar-refractivity contribution in [1.29, 1.82) is 0 Å². The Balaban J connectivity index is 1.96. The molecule has 3 rings (SSSR count). The standard InChI is InChI=1S/C20H23ClN4O3S/c1-13(2)25-12-22-23-20(25)18-11-15(21)5-10-19(18)24-29(26,27)17-8-6-16(7-9-17)28-14(3)4/h5-14,24H,1-4H3. The topological polar surface area (TPSA) is 86.1 Å². The first kappa shape index (κ1) is 21.1. The van der Waals surface area contributed by atoms with E-state index in [0.717, 1.165) is 0 Å². The molecular formula is C20H23ClN4O3S. The molecule has 0 spiro atoms. The van der Waals surface area contributed by atoms with E-state index in [2.05, 4.69) is 14.9 Å². The molecule has 1 aromatic heterocycles. The van der Waals surface area contributed by atoms with Crippen molar-refractivity contribution in [2.75, 3.05) is 4.72 Å². The average molecular weight is 435 g/mol. The van der Waals surface area contributed by atoms with Crippen LogP contribution in [0.5, 0.6) is 5.75 Å². The smallest absolute Gasteiger partial charge is 0.261 e. The first-order chi connectivity index (χ1) is 13.7. The third-order valence-corrected chi connectivity index (χ3v) is 5.72. The van der Waals surface area contributed by atoms with Crippen LogP contribution in [0.25, 0.3) is 11.4 Å². The van der Waals surface area contributed by atoms with Crippen LogP contribution < -0.4 is 9.46 Å². The molecule has 2 aromatic carbocycles. The summed E-state index contributed by atoms with van der Waals surface area (Å²) in [5, 5.41) is 8.58. The molecule has 0 amide bonds. The van der Waals surface area contributed by atoms with Crippen molar-refractivity contribution in [3.05, 3.63) is 53.8 Å². The molecule has 0 aliphatic rings. The number of halogens is 1. The van der Waals surface area contributed by atoms with Crippen molar-refractivity contribution in [2.45, 2.75) is 44.7 Å². The number of nitrogens with zero attached hydrogens (tertiary/aromatic N) is 3. The molecule has 0 unspecified atom stereocenters. The molecule has 0 bridgehead atoms. The number of benzene rings is 2. The maximum Gasteiger partial charge on any atom is 0.261 e. The summed E-state index contributed by atoms with van der Waals surface area (Å²) >= 11 is 6.16. The van der Waals surface area contributed by atoms with Crippen molar-refractivity contribution in [2.24, 2.45) is 0 Å². The van der Waals surface area contributed by atoms with E-state index in [1.165, 1.54) is 12.1 Å². The Morgan fingerprint density at radius 1 is 1.07 bits per heavy atom. The highest BCUT2D eigenvalue weighted by atomic mass is 35.5. The summed E-state index contributed by atoms with van der Waals surface area (Å²) in [4.78, 5) is 0.125. The lowest BCUT2D eigenvalue weighted by Gasteiger charge is -2.16. The second-order valence-electron chi connectivity index (χ2n) is 7.09. The minimum absolute atomic E-state index is 0.00511. The van der Waals surface area contributed by atoms with Crippen LogP contribution in [-0.4, -0.2) is 29.3 Å². The highest BCUT2D eigenvalue weighted by Crippen LogP contribution is 2.32. The van der Waals surface area contributed by atoms with Gasteiger partial charge >= 0.3 is 0 Å². The van der Waals surface area contributed by atoms with E-state index in [1.54, 1.807) is 36.7 Å². The fourth-order valence-corrected chi connectivity index (χ4v) is 4.03. The lowest BCUT2D eigenvalue weighted by atomic mass is 10.1. The van der Waals surface area contributed by atoms with Gasteiger partial charge in [-0.05, 0) is 70.2 Å². The summed E-state index contributed by atoms with van der Waals surface area (Å²) < 4.78 is 35.9. The lowest BCUT2D eigenvalue weighted by molar-refractivity contribution is 0.242. The Bertz CT molecular complexity index is 1090. The van der Waals surface area contributed by atoms with Crippen molar-refractivity contribution in [3.63, 3.8) is 0 Å². The molecular weight excluding hydrogens is 412 g/mol. The number of anilines is 1. The molecule has 7 nitrogen and oxygen atoms in total. The van der Waals surface area contributed by atoms with Gasteiger partial charge in [0.05, 0.1) is 16.7 Å². The van der Waals surface area contributed by atoms with Crippen LogP contribution in [0.4, 0.5) is 5.69 Å². The number of rotatable bonds is 7. The van der Waals surface area contributed by atoms with Gasteiger partial charge < -0.3 is 9.30 Å². The van der Waals surface area contributed by atoms with Gasteiger partial charge in [0.25, 0.3) is 10.0 Å². The number of hydrogen-bond donors (Lipinski definition) is 1. The van der Waals surface area contributed by atoms with Gasteiger partial charge in [-0.25, -0.2) is 8.42 Å². The van der Waals surface area contributed by atoms with E-state index >= 15 is 0 Å². The molecule has 0 saturated heterocycles. The number of ether oxygens (including phenoxy) is 1. The summed E-state index contributed by atoms with van der Waals surface area (Å²) in [7, 11) is -3.82. The largest absolute Gasteiger partial charge is 0.491 e. The van der Waals surface area contributed by atoms with Crippen LogP contribution in [-0.2, 0) is 10.0 Å². The van der Waals surface area contributed by atoms with Crippen molar-refractivity contribution in [1.82, 2.24) is 14.8 Å². The quantitative estimate of drug-likeness (QED) is 0.579. The molecule has 0 fully saturated rings. The molecule has 1 heterocycles. The highest BCUT2D eigenvalue weighted by molar-refractivity contribution is 7.92. The van der Waals surface area contributed by atoms with Crippen molar-refractivity contribution in [3.8, 4) is 17.1 Å². The monoisotopic (exact) mass is 434 g/mol. The molecule has 29 heavy (non-hydrogen) atoms. The second-order valence-corrected chi connectivity index (χ2v) is 9.21. The van der Waals surface area contributed by atoms with Crippen molar-refractivity contribution < 1.29 is 13.2 Å². The van der Waals surface area contributed by atoms with Crippen molar-refractivity contribution >= 4 is 27.3 Å². The zero-order valence-corrected chi connectivity index (χ0v) is 18.2. The number of aromatic nitrogens is 3. The predicted octanol–water partition coefficient (Wildman–Crippen LogP) is 4.77. The van der Waals surface area contributed by atoms with Crippen LogP contribution in [0, 0.1) is 0 Å². The Morgan fingerprint density at radius 3 is 2.38 bits per heavy atom. The third-order valence-electron chi connectivity index (χ3n) is 4.10. The van der Waals surface area contributed by atoms with Gasteiger partial charge in [-0.2, -0.15) is 0 Å². The van der Waals surface area contributed by atoms with Crippen LogP contribution in [0.15, 0.2) is 53.7 Å². The maximum atomic E-state index is 12.9. The lowest BCUT2D eigenvalue weighted by Crippen LogP contribution is -2.14. The summed E-state index contributed by atoms with van der Waals surface area (Å²) in [5.74, 6) is 1.14. The zero-order valence-electron chi connectivity index (χ0n) is 16.6. The predicted molar refractivity (Wildman–Crippen MR) is 114 cm³/mol. The Morgan fingerprint density at radius 2 is 1.76 bits per heavy atom. The van der Waals surface area contributed by atoms with Crippen LogP contribution >= 0.6 is 11.6 Å². The van der Waals surface area contributed by atoms with Gasteiger partial charge in [0.2, 0.25) is 0 Å². The normalized spacial score (nSPS) is 11.8. The average Bonchev–Trinajstić information content (AvgIpc) is 3.13. The molecule has 0 radical (unpaired) electrons. The number of sulfonamides is 1. The molecule has 0 aliphatic heterocycles. The molecule has 154 valence electrons. The fraction of sp³-hybridized carbons (Fsp3) is 0.300. The van der Waals surface area contributed by atoms with Gasteiger partial charge in [-0.3, -0.25) is 4.72 Å². The van der Waals surface area contributed by atoms with E-state index in [-0.39, 0.29) is 17.0 Å². The Kier molecular flexibility index (Phi) is 6.14. The molecule has 9 heteroatoms. The van der Waals surface area contributed by atoms with E-state index in [4.69, 9.17) is 16.3 Å². The molecule has 0 saturated carbocycles. The van der Waals surface area contributed by atoms with Crippen LogP contribution in [0.3, 0.4) is 0 Å². The Labute approximate surface area is 175 Å². The SMILES string of the molecule is CC(C)Oc1ccc(S(=O)(=O)Nc2ccc(Cl)cc2-c2nncn2C(C)C)cc1. The van der Waals surface area contributed by atoms with Gasteiger partial charge in [-0.15, -0.1) is 10.2 Å². The van der Waals surface area contributed by atoms with E-state index in [0.29, 0.717) is 27.8 Å². The molecule has 3 aromatic rings. The van der Waals surface area contributed by atoms with E-state index in [1.807, 2.05) is 32.3 Å². The summed E-state index contributed by atoms with van der Waals surface area (Å²) in [5.41, 5.74) is 0.916. The van der Waals surface area contributed by atoms with Gasteiger partial charge in [0.1, 0.15) is 12.1 Å². The minimum atomic E-state index is -3.82. The first-order valence-electron chi connectivity index (χ1n) is 9.16. The van der Waals surface area contributed by atoms with E-state index in [9.17, 15) is 8.42 Å². The minimum Gasteiger partial charge on any atom is -0.491 e. The van der Waals surface area contributed by atoms with Gasteiger partial charge in [0, 0.05) is 16.6 Å². The summed E-state index contributed by atoms with van der Waals surface area (Å²) in [6.07, 6.45) is 1.61. The molecule has 0 aliphatic carbocycles. The van der Waals surface area contributed by atoms with Crippen LogP contribution in [0.1, 0.15) is 33.7 Å². The number of nitrogens with one attached hydrogen (secondary N) is 1. The Hall–Kier alpha value is -2.58. The first-order valence-corrected chi connectivity index (χ1v) is 11.0. The summed E-state index contributed by atoms with van der Waals surface area (Å²) in [6.45, 7) is 7.79. The maximum absolute atomic E-state index is 12.9. The van der Waals surface area contributed by atoms with Crippen LogP contribution in [0.2, 0.25) is 5.02 Å². The second kappa shape index (κ2) is 8.42.